The molecule has 3 atom stereocenters. The number of nitrogens with zero attached hydrogens (tertiary/aromatic N) is 2. The monoisotopic (exact) mass is 277 g/mol. The molecule has 3 unspecified atom stereocenters. The highest BCUT2D eigenvalue weighted by Gasteiger charge is 2.39. The Morgan fingerprint density at radius 2 is 2.42 bits per heavy atom. The molecule has 2 heterocycles. The van der Waals surface area contributed by atoms with Crippen LogP contribution >= 0.6 is 11.3 Å². The van der Waals surface area contributed by atoms with Crippen molar-refractivity contribution in [1.82, 2.24) is 14.7 Å². The highest BCUT2D eigenvalue weighted by Crippen LogP contribution is 2.44. The third-order valence-electron chi connectivity index (χ3n) is 4.79. The van der Waals surface area contributed by atoms with E-state index < -0.39 is 0 Å². The third kappa shape index (κ3) is 1.87. The predicted molar refractivity (Wildman–Crippen MR) is 75.7 cm³/mol. The number of hydrogen-bond donors (Lipinski definition) is 1. The van der Waals surface area contributed by atoms with Crippen LogP contribution in [0.15, 0.2) is 11.6 Å². The molecule has 1 N–H and O–H groups in total. The van der Waals surface area contributed by atoms with Crippen molar-refractivity contribution in [2.24, 2.45) is 11.8 Å². The van der Waals surface area contributed by atoms with Gasteiger partial charge in [-0.2, -0.15) is 4.98 Å². The standard InChI is InChI=1S/C14H19N3OS/c1-18-13-12(17-4-5-19-14(17)16-13)8-15-11-7-9-2-3-10(11)6-9/h4-5,9-11,15H,2-3,6-8H2,1H3. The van der Waals surface area contributed by atoms with E-state index in [2.05, 4.69) is 26.3 Å². The average Bonchev–Trinajstić information content (AvgIpc) is 3.16. The van der Waals surface area contributed by atoms with Crippen molar-refractivity contribution >= 4 is 16.3 Å². The van der Waals surface area contributed by atoms with Gasteiger partial charge in [0, 0.05) is 24.2 Å². The minimum Gasteiger partial charge on any atom is -0.480 e. The summed E-state index contributed by atoms with van der Waals surface area (Å²) in [6, 6.07) is 0.702. The largest absolute Gasteiger partial charge is 0.480 e. The highest BCUT2D eigenvalue weighted by molar-refractivity contribution is 7.15. The van der Waals surface area contributed by atoms with E-state index in [1.807, 2.05) is 0 Å². The smallest absolute Gasteiger partial charge is 0.237 e. The fourth-order valence-corrected chi connectivity index (χ4v) is 4.58. The zero-order chi connectivity index (χ0) is 12.8. The lowest BCUT2D eigenvalue weighted by molar-refractivity contribution is 0.343. The molecule has 2 aliphatic rings. The van der Waals surface area contributed by atoms with Gasteiger partial charge in [0.05, 0.1) is 7.11 Å². The van der Waals surface area contributed by atoms with Crippen LogP contribution in [0.5, 0.6) is 5.88 Å². The normalized spacial score (nSPS) is 29.4. The van der Waals surface area contributed by atoms with Gasteiger partial charge in [-0.3, -0.25) is 4.40 Å². The van der Waals surface area contributed by atoms with Crippen LogP contribution < -0.4 is 10.1 Å². The molecule has 102 valence electrons. The molecule has 0 aromatic carbocycles. The number of rotatable bonds is 4. The molecule has 2 aliphatic carbocycles. The molecule has 19 heavy (non-hydrogen) atoms. The van der Waals surface area contributed by atoms with Gasteiger partial charge in [-0.05, 0) is 31.1 Å². The van der Waals surface area contributed by atoms with Crippen LogP contribution in [0.2, 0.25) is 0 Å². The molecule has 0 aliphatic heterocycles. The molecule has 4 rings (SSSR count). The number of ether oxygens (including phenoxy) is 1. The van der Waals surface area contributed by atoms with E-state index in [4.69, 9.17) is 4.74 Å². The van der Waals surface area contributed by atoms with Crippen molar-refractivity contribution in [3.8, 4) is 5.88 Å². The first-order valence-electron chi connectivity index (χ1n) is 7.07. The quantitative estimate of drug-likeness (QED) is 0.934. The minimum atomic E-state index is 0.702. The van der Waals surface area contributed by atoms with E-state index in [0.29, 0.717) is 6.04 Å². The molecule has 4 nitrogen and oxygen atoms in total. The summed E-state index contributed by atoms with van der Waals surface area (Å²) in [6.07, 6.45) is 7.74. The summed E-state index contributed by atoms with van der Waals surface area (Å²) in [5, 5.41) is 5.81. The molecule has 5 heteroatoms. The van der Waals surface area contributed by atoms with E-state index in [0.717, 1.165) is 34.9 Å². The maximum atomic E-state index is 5.40. The van der Waals surface area contributed by atoms with Crippen LogP contribution in [0.4, 0.5) is 0 Å². The highest BCUT2D eigenvalue weighted by atomic mass is 32.1. The lowest BCUT2D eigenvalue weighted by Crippen LogP contribution is -2.33. The van der Waals surface area contributed by atoms with Crippen molar-refractivity contribution in [3.05, 3.63) is 17.3 Å². The molecular formula is C14H19N3OS. The summed E-state index contributed by atoms with van der Waals surface area (Å²) >= 11 is 1.65. The van der Waals surface area contributed by atoms with Crippen LogP contribution in [0.25, 0.3) is 4.96 Å². The molecule has 2 bridgehead atoms. The Labute approximate surface area is 116 Å². The Hall–Kier alpha value is -1.07. The number of nitrogens with one attached hydrogen (secondary N) is 1. The first-order valence-corrected chi connectivity index (χ1v) is 7.95. The molecule has 2 aromatic heterocycles. The molecule has 2 fully saturated rings. The Balaban J connectivity index is 1.53. The van der Waals surface area contributed by atoms with E-state index >= 15 is 0 Å². The van der Waals surface area contributed by atoms with Crippen molar-refractivity contribution in [1.29, 1.82) is 0 Å². The molecule has 0 amide bonds. The lowest BCUT2D eigenvalue weighted by atomic mass is 9.95. The van der Waals surface area contributed by atoms with E-state index in [1.165, 1.54) is 25.7 Å². The van der Waals surface area contributed by atoms with Gasteiger partial charge in [0.25, 0.3) is 0 Å². The molecular weight excluding hydrogens is 258 g/mol. The van der Waals surface area contributed by atoms with Crippen molar-refractivity contribution in [2.45, 2.75) is 38.3 Å². The summed E-state index contributed by atoms with van der Waals surface area (Å²) in [5.41, 5.74) is 1.15. The van der Waals surface area contributed by atoms with Crippen LogP contribution in [-0.2, 0) is 6.54 Å². The van der Waals surface area contributed by atoms with Crippen molar-refractivity contribution in [3.63, 3.8) is 0 Å². The number of fused-ring (bicyclic) bond motifs is 3. The van der Waals surface area contributed by atoms with Gasteiger partial charge in [0.2, 0.25) is 5.88 Å². The maximum absolute atomic E-state index is 5.40. The lowest BCUT2D eigenvalue weighted by Gasteiger charge is -2.22. The maximum Gasteiger partial charge on any atom is 0.237 e. The van der Waals surface area contributed by atoms with Crippen LogP contribution in [0.1, 0.15) is 31.4 Å². The van der Waals surface area contributed by atoms with Gasteiger partial charge in [-0.15, -0.1) is 11.3 Å². The van der Waals surface area contributed by atoms with Gasteiger partial charge < -0.3 is 10.1 Å². The van der Waals surface area contributed by atoms with Gasteiger partial charge in [-0.25, -0.2) is 0 Å². The fraction of sp³-hybridized carbons (Fsp3) is 0.643. The van der Waals surface area contributed by atoms with E-state index in [1.54, 1.807) is 18.4 Å². The van der Waals surface area contributed by atoms with Crippen LogP contribution in [0.3, 0.4) is 0 Å². The number of thiazole rings is 1. The first kappa shape index (κ1) is 11.7. The van der Waals surface area contributed by atoms with Gasteiger partial charge >= 0.3 is 0 Å². The number of aromatic nitrogens is 2. The molecule has 0 saturated heterocycles. The SMILES string of the molecule is COc1nc2sccn2c1CNC1CC2CCC1C2. The number of imidazole rings is 1. The molecule has 0 spiro atoms. The number of hydrogen-bond acceptors (Lipinski definition) is 4. The van der Waals surface area contributed by atoms with E-state index in [-0.39, 0.29) is 0 Å². The topological polar surface area (TPSA) is 38.6 Å². The van der Waals surface area contributed by atoms with Crippen LogP contribution in [0, 0.1) is 11.8 Å². The Kier molecular flexibility index (Phi) is 2.77. The predicted octanol–water partition coefficient (Wildman–Crippen LogP) is 2.68. The summed E-state index contributed by atoms with van der Waals surface area (Å²) in [5.74, 6) is 2.65. The van der Waals surface area contributed by atoms with Crippen molar-refractivity contribution < 1.29 is 4.74 Å². The van der Waals surface area contributed by atoms with Gasteiger partial charge in [-0.1, -0.05) is 6.42 Å². The van der Waals surface area contributed by atoms with Gasteiger partial charge in [0.1, 0.15) is 5.69 Å². The molecule has 0 radical (unpaired) electrons. The Morgan fingerprint density at radius 1 is 1.47 bits per heavy atom. The number of methoxy groups -OCH3 is 1. The molecule has 2 aromatic rings. The average molecular weight is 277 g/mol. The second-order valence-corrected chi connectivity index (χ2v) is 6.66. The summed E-state index contributed by atoms with van der Waals surface area (Å²) in [7, 11) is 1.70. The third-order valence-corrected chi connectivity index (χ3v) is 5.54. The Morgan fingerprint density at radius 3 is 3.16 bits per heavy atom. The fourth-order valence-electron chi connectivity index (χ4n) is 3.86. The second kappa shape index (κ2) is 4.49. The first-order chi connectivity index (χ1) is 9.35. The zero-order valence-electron chi connectivity index (χ0n) is 11.1. The van der Waals surface area contributed by atoms with Crippen molar-refractivity contribution in [2.75, 3.05) is 7.11 Å². The minimum absolute atomic E-state index is 0.702. The molecule has 2 saturated carbocycles. The Bertz CT molecular complexity index is 591. The van der Waals surface area contributed by atoms with Gasteiger partial charge in [0.15, 0.2) is 4.96 Å². The second-order valence-electron chi connectivity index (χ2n) is 5.79. The van der Waals surface area contributed by atoms with Crippen LogP contribution in [-0.4, -0.2) is 22.5 Å². The summed E-state index contributed by atoms with van der Waals surface area (Å²) in [6.45, 7) is 0.856. The summed E-state index contributed by atoms with van der Waals surface area (Å²) in [4.78, 5) is 5.52. The van der Waals surface area contributed by atoms with E-state index in [9.17, 15) is 0 Å². The zero-order valence-corrected chi connectivity index (χ0v) is 11.9. The summed E-state index contributed by atoms with van der Waals surface area (Å²) < 4.78 is 7.54.